The topological polar surface area (TPSA) is 15.3 Å². The third kappa shape index (κ3) is 5.75. The first-order chi connectivity index (χ1) is 8.83. The summed E-state index contributed by atoms with van der Waals surface area (Å²) in [4.78, 5) is 2.50. The van der Waals surface area contributed by atoms with Gasteiger partial charge in [0.05, 0.1) is 0 Å². The molecule has 1 N–H and O–H groups in total. The van der Waals surface area contributed by atoms with Gasteiger partial charge in [-0.05, 0) is 52.3 Å². The van der Waals surface area contributed by atoms with Crippen LogP contribution in [0.2, 0.25) is 0 Å². The van der Waals surface area contributed by atoms with E-state index in [9.17, 15) is 0 Å². The Morgan fingerprint density at radius 1 is 1.11 bits per heavy atom. The van der Waals surface area contributed by atoms with Gasteiger partial charge in [-0.2, -0.15) is 0 Å². The molecule has 0 spiro atoms. The third-order valence-electron chi connectivity index (χ3n) is 3.44. The number of hydrogen-bond donors (Lipinski definition) is 1. The Labute approximate surface area is 119 Å². The van der Waals surface area contributed by atoms with E-state index in [0.29, 0.717) is 6.04 Å². The second kappa shape index (κ2) is 7.06. The fraction of sp³-hybridized carbons (Fsp3) is 0.647. The van der Waals surface area contributed by atoms with Crippen molar-refractivity contribution in [2.75, 3.05) is 6.54 Å². The van der Waals surface area contributed by atoms with Gasteiger partial charge in [0.2, 0.25) is 0 Å². The Bertz CT molecular complexity index is 377. The van der Waals surface area contributed by atoms with Gasteiger partial charge < -0.3 is 5.32 Å². The highest BCUT2D eigenvalue weighted by Crippen LogP contribution is 2.14. The van der Waals surface area contributed by atoms with E-state index in [1.165, 1.54) is 11.1 Å². The number of nitrogens with one attached hydrogen (secondary N) is 1. The van der Waals surface area contributed by atoms with Crippen LogP contribution < -0.4 is 5.32 Å². The van der Waals surface area contributed by atoms with E-state index in [1.54, 1.807) is 0 Å². The SMILES string of the molecule is CCN(Cc1ccccc1CNC(C)(C)C)C(C)C. The minimum atomic E-state index is 0.162. The zero-order valence-corrected chi connectivity index (χ0v) is 13.5. The molecule has 0 unspecified atom stereocenters. The van der Waals surface area contributed by atoms with Crippen molar-refractivity contribution < 1.29 is 0 Å². The predicted molar refractivity (Wildman–Crippen MR) is 84.3 cm³/mol. The quantitative estimate of drug-likeness (QED) is 0.839. The van der Waals surface area contributed by atoms with E-state index in [-0.39, 0.29) is 5.54 Å². The van der Waals surface area contributed by atoms with Crippen LogP contribution in [0.5, 0.6) is 0 Å². The Morgan fingerprint density at radius 3 is 2.16 bits per heavy atom. The van der Waals surface area contributed by atoms with Crippen molar-refractivity contribution >= 4 is 0 Å². The highest BCUT2D eigenvalue weighted by Gasteiger charge is 2.13. The monoisotopic (exact) mass is 262 g/mol. The Morgan fingerprint density at radius 2 is 1.68 bits per heavy atom. The molecule has 0 saturated carbocycles. The van der Waals surface area contributed by atoms with Gasteiger partial charge >= 0.3 is 0 Å². The first kappa shape index (κ1) is 16.2. The second-order valence-electron chi connectivity index (χ2n) is 6.53. The lowest BCUT2D eigenvalue weighted by Gasteiger charge is -2.27. The molecular formula is C17H30N2. The fourth-order valence-corrected chi connectivity index (χ4v) is 2.12. The largest absolute Gasteiger partial charge is 0.308 e. The van der Waals surface area contributed by atoms with Crippen LogP contribution in [0.1, 0.15) is 52.7 Å². The van der Waals surface area contributed by atoms with Crippen LogP contribution >= 0.6 is 0 Å². The maximum atomic E-state index is 3.58. The third-order valence-corrected chi connectivity index (χ3v) is 3.44. The Kier molecular flexibility index (Phi) is 6.02. The molecule has 0 saturated heterocycles. The van der Waals surface area contributed by atoms with Crippen LogP contribution in [0, 0.1) is 0 Å². The summed E-state index contributed by atoms with van der Waals surface area (Å²) in [5.74, 6) is 0. The van der Waals surface area contributed by atoms with Crippen molar-refractivity contribution in [1.82, 2.24) is 10.2 Å². The highest BCUT2D eigenvalue weighted by molar-refractivity contribution is 5.27. The lowest BCUT2D eigenvalue weighted by Crippen LogP contribution is -2.36. The zero-order chi connectivity index (χ0) is 14.5. The maximum absolute atomic E-state index is 3.58. The summed E-state index contributed by atoms with van der Waals surface area (Å²) in [6.45, 7) is 16.5. The average molecular weight is 262 g/mol. The van der Waals surface area contributed by atoms with Crippen LogP contribution in [0.3, 0.4) is 0 Å². The molecule has 0 amide bonds. The van der Waals surface area contributed by atoms with Gasteiger partial charge in [0.15, 0.2) is 0 Å². The van der Waals surface area contributed by atoms with Gasteiger partial charge in [-0.1, -0.05) is 31.2 Å². The summed E-state index contributed by atoms with van der Waals surface area (Å²) in [5, 5.41) is 3.58. The molecule has 0 aliphatic heterocycles. The smallest absolute Gasteiger partial charge is 0.0239 e. The van der Waals surface area contributed by atoms with Crippen molar-refractivity contribution in [3.05, 3.63) is 35.4 Å². The molecular weight excluding hydrogens is 232 g/mol. The summed E-state index contributed by atoms with van der Waals surface area (Å²) in [6.07, 6.45) is 0. The Balaban J connectivity index is 2.78. The van der Waals surface area contributed by atoms with Crippen LogP contribution in [0.15, 0.2) is 24.3 Å². The second-order valence-corrected chi connectivity index (χ2v) is 6.53. The van der Waals surface area contributed by atoms with E-state index >= 15 is 0 Å². The molecule has 0 aliphatic rings. The van der Waals surface area contributed by atoms with Gasteiger partial charge in [-0.25, -0.2) is 0 Å². The maximum Gasteiger partial charge on any atom is 0.0239 e. The van der Waals surface area contributed by atoms with Crippen molar-refractivity contribution in [3.8, 4) is 0 Å². The molecule has 1 aromatic rings. The van der Waals surface area contributed by atoms with Crippen molar-refractivity contribution in [1.29, 1.82) is 0 Å². The number of rotatable bonds is 6. The summed E-state index contributed by atoms with van der Waals surface area (Å²) < 4.78 is 0. The number of nitrogens with zero attached hydrogens (tertiary/aromatic N) is 1. The van der Waals surface area contributed by atoms with E-state index in [2.05, 4.69) is 76.0 Å². The molecule has 0 fully saturated rings. The van der Waals surface area contributed by atoms with Crippen LogP contribution in [0.4, 0.5) is 0 Å². The number of benzene rings is 1. The van der Waals surface area contributed by atoms with E-state index in [4.69, 9.17) is 0 Å². The van der Waals surface area contributed by atoms with Crippen LogP contribution in [-0.2, 0) is 13.1 Å². The molecule has 2 nitrogen and oxygen atoms in total. The predicted octanol–water partition coefficient (Wildman–Crippen LogP) is 3.81. The molecule has 0 heterocycles. The van der Waals surface area contributed by atoms with Crippen LogP contribution in [0.25, 0.3) is 0 Å². The molecule has 19 heavy (non-hydrogen) atoms. The minimum Gasteiger partial charge on any atom is -0.308 e. The molecule has 0 bridgehead atoms. The molecule has 0 atom stereocenters. The Hall–Kier alpha value is -0.860. The average Bonchev–Trinajstić information content (AvgIpc) is 2.33. The summed E-state index contributed by atoms with van der Waals surface area (Å²) in [6, 6.07) is 9.36. The lowest BCUT2D eigenvalue weighted by molar-refractivity contribution is 0.224. The van der Waals surface area contributed by atoms with Gasteiger partial charge in [-0.15, -0.1) is 0 Å². The van der Waals surface area contributed by atoms with Crippen molar-refractivity contribution in [3.63, 3.8) is 0 Å². The summed E-state index contributed by atoms with van der Waals surface area (Å²) in [5.41, 5.74) is 3.02. The molecule has 0 aliphatic carbocycles. The molecule has 1 aromatic carbocycles. The van der Waals surface area contributed by atoms with Gasteiger partial charge in [-0.3, -0.25) is 4.90 Å². The van der Waals surface area contributed by atoms with E-state index < -0.39 is 0 Å². The van der Waals surface area contributed by atoms with Crippen molar-refractivity contribution in [2.45, 2.75) is 66.2 Å². The summed E-state index contributed by atoms with van der Waals surface area (Å²) in [7, 11) is 0. The first-order valence-electron chi connectivity index (χ1n) is 7.39. The minimum absolute atomic E-state index is 0.162. The molecule has 0 aromatic heterocycles. The van der Waals surface area contributed by atoms with E-state index in [1.807, 2.05) is 0 Å². The standard InChI is InChI=1S/C17H30N2/c1-7-19(14(2)3)13-16-11-9-8-10-15(16)12-18-17(4,5)6/h8-11,14,18H,7,12-13H2,1-6H3. The zero-order valence-electron chi connectivity index (χ0n) is 13.5. The molecule has 0 radical (unpaired) electrons. The van der Waals surface area contributed by atoms with Crippen molar-refractivity contribution in [2.24, 2.45) is 0 Å². The normalized spacial score (nSPS) is 12.4. The highest BCUT2D eigenvalue weighted by atomic mass is 15.1. The van der Waals surface area contributed by atoms with Gasteiger partial charge in [0.25, 0.3) is 0 Å². The molecule has 108 valence electrons. The van der Waals surface area contributed by atoms with E-state index in [0.717, 1.165) is 19.6 Å². The van der Waals surface area contributed by atoms with Gasteiger partial charge in [0, 0.05) is 24.7 Å². The summed E-state index contributed by atoms with van der Waals surface area (Å²) >= 11 is 0. The number of hydrogen-bond acceptors (Lipinski definition) is 2. The van der Waals surface area contributed by atoms with Crippen LogP contribution in [-0.4, -0.2) is 23.0 Å². The molecule has 1 rings (SSSR count). The fourth-order valence-electron chi connectivity index (χ4n) is 2.12. The lowest BCUT2D eigenvalue weighted by atomic mass is 10.0. The first-order valence-corrected chi connectivity index (χ1v) is 7.39. The molecule has 2 heteroatoms. The van der Waals surface area contributed by atoms with Gasteiger partial charge in [0.1, 0.15) is 0 Å².